The van der Waals surface area contributed by atoms with Gasteiger partial charge >= 0.3 is 5.69 Å². The molecule has 6 heteroatoms. The molecule has 2 heterocycles. The Morgan fingerprint density at radius 3 is 3.15 bits per heavy atom. The van der Waals surface area contributed by atoms with Crippen LogP contribution in [0.3, 0.4) is 0 Å². The Labute approximate surface area is 78.4 Å². The Bertz CT molecular complexity index is 380. The molecule has 1 aliphatic rings. The summed E-state index contributed by atoms with van der Waals surface area (Å²) >= 11 is 5.79. The predicted octanol–water partition coefficient (Wildman–Crippen LogP) is 1.58. The van der Waals surface area contributed by atoms with Crippen molar-refractivity contribution in [2.24, 2.45) is 0 Å². The van der Waals surface area contributed by atoms with E-state index >= 15 is 0 Å². The molecule has 0 atom stereocenters. The summed E-state index contributed by atoms with van der Waals surface area (Å²) in [6.45, 7) is 0.489. The molecule has 0 aliphatic carbocycles. The van der Waals surface area contributed by atoms with E-state index in [1.165, 1.54) is 0 Å². The Morgan fingerprint density at radius 2 is 2.46 bits per heavy atom. The molecule has 0 spiro atoms. The van der Waals surface area contributed by atoms with Crippen LogP contribution >= 0.6 is 11.6 Å². The van der Waals surface area contributed by atoms with Crippen molar-refractivity contribution in [2.75, 3.05) is 6.61 Å². The average Bonchev–Trinajstić information content (AvgIpc) is 2.52. The first-order valence-corrected chi connectivity index (χ1v) is 4.02. The van der Waals surface area contributed by atoms with Gasteiger partial charge in [-0.1, -0.05) is 11.6 Å². The number of aromatic nitrogens is 1. The molecule has 0 saturated heterocycles. The number of pyridine rings is 1. The van der Waals surface area contributed by atoms with Crippen LogP contribution in [0, 0.1) is 10.1 Å². The highest BCUT2D eigenvalue weighted by Gasteiger charge is 2.24. The van der Waals surface area contributed by atoms with E-state index in [9.17, 15) is 10.1 Å². The van der Waals surface area contributed by atoms with E-state index in [0.29, 0.717) is 24.5 Å². The van der Waals surface area contributed by atoms with Gasteiger partial charge in [-0.05, 0) is 0 Å². The van der Waals surface area contributed by atoms with E-state index in [1.54, 1.807) is 0 Å². The van der Waals surface area contributed by atoms with Crippen molar-refractivity contribution < 1.29 is 9.66 Å². The third kappa shape index (κ3) is 1.21. The summed E-state index contributed by atoms with van der Waals surface area (Å²) in [5, 5.41) is 10.6. The topological polar surface area (TPSA) is 65.3 Å². The van der Waals surface area contributed by atoms with Gasteiger partial charge < -0.3 is 4.74 Å². The molecule has 68 valence electrons. The minimum Gasteiger partial charge on any atom is -0.477 e. The fraction of sp³-hybridized carbons (Fsp3) is 0.286. The third-order valence-corrected chi connectivity index (χ3v) is 2.26. The summed E-state index contributed by atoms with van der Waals surface area (Å²) in [5.74, 6) is 0.413. The Hall–Kier alpha value is -1.36. The van der Waals surface area contributed by atoms with Crippen LogP contribution in [0.4, 0.5) is 5.69 Å². The monoisotopic (exact) mass is 200 g/mol. The minimum atomic E-state index is -0.548. The first kappa shape index (κ1) is 8.25. The maximum Gasteiger partial charge on any atom is 0.306 e. The summed E-state index contributed by atoms with van der Waals surface area (Å²) < 4.78 is 5.10. The van der Waals surface area contributed by atoms with E-state index in [0.717, 1.165) is 6.20 Å². The largest absolute Gasteiger partial charge is 0.477 e. The summed E-state index contributed by atoms with van der Waals surface area (Å²) in [6.07, 6.45) is 1.70. The van der Waals surface area contributed by atoms with Gasteiger partial charge in [0.15, 0.2) is 0 Å². The van der Waals surface area contributed by atoms with Gasteiger partial charge in [0.05, 0.1) is 11.5 Å². The van der Waals surface area contributed by atoms with Gasteiger partial charge in [0.1, 0.15) is 11.2 Å². The number of rotatable bonds is 1. The minimum absolute atomic E-state index is 0.146. The van der Waals surface area contributed by atoms with Crippen LogP contribution in [-0.2, 0) is 6.42 Å². The predicted molar refractivity (Wildman–Crippen MR) is 45.1 cm³/mol. The summed E-state index contributed by atoms with van der Waals surface area (Å²) in [6, 6.07) is 0. The molecule has 0 bridgehead atoms. The molecule has 1 aromatic heterocycles. The molecule has 2 rings (SSSR count). The number of nitrogens with zero attached hydrogens (tertiary/aromatic N) is 2. The van der Waals surface area contributed by atoms with E-state index < -0.39 is 4.92 Å². The molecule has 13 heavy (non-hydrogen) atoms. The van der Waals surface area contributed by atoms with Gasteiger partial charge in [0, 0.05) is 12.0 Å². The second kappa shape index (κ2) is 2.85. The smallest absolute Gasteiger partial charge is 0.306 e. The van der Waals surface area contributed by atoms with Crippen LogP contribution < -0.4 is 4.74 Å². The van der Waals surface area contributed by atoms with Crippen LogP contribution in [0.15, 0.2) is 6.20 Å². The molecule has 5 nitrogen and oxygen atoms in total. The van der Waals surface area contributed by atoms with Crippen molar-refractivity contribution in [3.8, 4) is 5.88 Å². The zero-order chi connectivity index (χ0) is 9.42. The highest BCUT2D eigenvalue weighted by atomic mass is 35.5. The number of halogens is 1. The summed E-state index contributed by atoms with van der Waals surface area (Å²) in [4.78, 5) is 13.7. The van der Waals surface area contributed by atoms with E-state index in [1.807, 2.05) is 0 Å². The number of ether oxygens (including phenoxy) is 1. The first-order chi connectivity index (χ1) is 6.20. The Morgan fingerprint density at radius 1 is 1.69 bits per heavy atom. The van der Waals surface area contributed by atoms with Gasteiger partial charge in [-0.3, -0.25) is 10.1 Å². The Balaban J connectivity index is 2.59. The molecule has 0 amide bonds. The van der Waals surface area contributed by atoms with Gasteiger partial charge in [0.25, 0.3) is 0 Å². The van der Waals surface area contributed by atoms with Crippen molar-refractivity contribution >= 4 is 17.3 Å². The lowest BCUT2D eigenvalue weighted by atomic mass is 10.2. The van der Waals surface area contributed by atoms with Crippen molar-refractivity contribution in [2.45, 2.75) is 6.42 Å². The van der Waals surface area contributed by atoms with Crippen LogP contribution in [0.1, 0.15) is 5.56 Å². The van der Waals surface area contributed by atoms with E-state index in [-0.39, 0.29) is 10.7 Å². The van der Waals surface area contributed by atoms with Crippen LogP contribution in [-0.4, -0.2) is 16.5 Å². The fourth-order valence-electron chi connectivity index (χ4n) is 1.22. The molecule has 1 aliphatic heterocycles. The molecule has 0 unspecified atom stereocenters. The van der Waals surface area contributed by atoms with Crippen molar-refractivity contribution in [1.29, 1.82) is 0 Å². The SMILES string of the molecule is O=[N+]([O-])c1cnc2c(c1Cl)CCO2. The zero-order valence-corrected chi connectivity index (χ0v) is 7.24. The quantitative estimate of drug-likeness (QED) is 0.510. The zero-order valence-electron chi connectivity index (χ0n) is 6.49. The molecule has 1 aromatic rings. The molecule has 0 fully saturated rings. The molecule has 0 aromatic carbocycles. The normalized spacial score (nSPS) is 13.6. The number of hydrogen-bond acceptors (Lipinski definition) is 4. The molecule has 0 N–H and O–H groups in total. The van der Waals surface area contributed by atoms with Crippen molar-refractivity contribution in [1.82, 2.24) is 4.98 Å². The standard InChI is InChI=1S/C7H5ClN2O3/c8-6-4-1-2-13-7(4)9-3-5(6)10(11)12/h3H,1-2H2. The Kier molecular flexibility index (Phi) is 1.81. The second-order valence-electron chi connectivity index (χ2n) is 2.60. The lowest BCUT2D eigenvalue weighted by Crippen LogP contribution is -1.93. The number of nitro groups is 1. The molecule has 0 saturated carbocycles. The highest BCUT2D eigenvalue weighted by molar-refractivity contribution is 6.33. The number of hydrogen-bond donors (Lipinski definition) is 0. The average molecular weight is 201 g/mol. The summed E-state index contributed by atoms with van der Waals surface area (Å²) in [7, 11) is 0. The van der Waals surface area contributed by atoms with E-state index in [4.69, 9.17) is 16.3 Å². The third-order valence-electron chi connectivity index (χ3n) is 1.84. The highest BCUT2D eigenvalue weighted by Crippen LogP contribution is 2.35. The van der Waals surface area contributed by atoms with Crippen molar-refractivity contribution in [3.05, 3.63) is 26.9 Å². The lowest BCUT2D eigenvalue weighted by molar-refractivity contribution is -0.385. The van der Waals surface area contributed by atoms with Crippen LogP contribution in [0.2, 0.25) is 5.02 Å². The fourth-order valence-corrected chi connectivity index (χ4v) is 1.51. The lowest BCUT2D eigenvalue weighted by Gasteiger charge is -1.99. The van der Waals surface area contributed by atoms with Crippen LogP contribution in [0.25, 0.3) is 0 Å². The number of fused-ring (bicyclic) bond motifs is 1. The van der Waals surface area contributed by atoms with Gasteiger partial charge in [-0.15, -0.1) is 0 Å². The van der Waals surface area contributed by atoms with Gasteiger partial charge in [0.2, 0.25) is 5.88 Å². The second-order valence-corrected chi connectivity index (χ2v) is 2.97. The van der Waals surface area contributed by atoms with E-state index in [2.05, 4.69) is 4.98 Å². The molecular formula is C7H5ClN2O3. The van der Waals surface area contributed by atoms with Crippen molar-refractivity contribution in [3.63, 3.8) is 0 Å². The maximum absolute atomic E-state index is 10.5. The maximum atomic E-state index is 10.5. The van der Waals surface area contributed by atoms with Crippen LogP contribution in [0.5, 0.6) is 5.88 Å². The molecule has 0 radical (unpaired) electrons. The molecular weight excluding hydrogens is 196 g/mol. The first-order valence-electron chi connectivity index (χ1n) is 3.64. The van der Waals surface area contributed by atoms with Gasteiger partial charge in [-0.2, -0.15) is 0 Å². The van der Waals surface area contributed by atoms with Gasteiger partial charge in [-0.25, -0.2) is 4.98 Å². The summed E-state index contributed by atoms with van der Waals surface area (Å²) in [5.41, 5.74) is 0.474.